The van der Waals surface area contributed by atoms with Crippen LogP contribution in [0.3, 0.4) is 0 Å². The molecular formula is C17H13Cl2NO4. The van der Waals surface area contributed by atoms with Gasteiger partial charge < -0.3 is 14.0 Å². The second-order valence-corrected chi connectivity index (χ2v) is 5.79. The van der Waals surface area contributed by atoms with Gasteiger partial charge in [0.05, 0.1) is 11.4 Å². The highest BCUT2D eigenvalue weighted by Crippen LogP contribution is 2.27. The minimum absolute atomic E-state index is 0.0404. The number of benzene rings is 2. The molecule has 7 heteroatoms. The van der Waals surface area contributed by atoms with Crippen LogP contribution in [-0.4, -0.2) is 24.3 Å². The van der Waals surface area contributed by atoms with Crippen LogP contribution >= 0.6 is 23.2 Å². The zero-order valence-corrected chi connectivity index (χ0v) is 14.0. The number of para-hydroxylation sites is 1. The molecule has 3 rings (SSSR count). The van der Waals surface area contributed by atoms with Crippen molar-refractivity contribution < 1.29 is 18.8 Å². The van der Waals surface area contributed by atoms with Crippen molar-refractivity contribution in [2.45, 2.75) is 6.42 Å². The number of halogens is 2. The van der Waals surface area contributed by atoms with E-state index < -0.39 is 5.97 Å². The molecule has 0 N–H and O–H groups in total. The highest BCUT2D eigenvalue weighted by molar-refractivity contribution is 6.35. The number of rotatable bonds is 6. The van der Waals surface area contributed by atoms with E-state index in [2.05, 4.69) is 5.16 Å². The Kier molecular flexibility index (Phi) is 5.23. The van der Waals surface area contributed by atoms with E-state index in [1.165, 1.54) is 0 Å². The molecule has 0 saturated carbocycles. The van der Waals surface area contributed by atoms with Gasteiger partial charge in [-0.15, -0.1) is 0 Å². The predicted molar refractivity (Wildman–Crippen MR) is 90.6 cm³/mol. The Morgan fingerprint density at radius 2 is 1.96 bits per heavy atom. The summed E-state index contributed by atoms with van der Waals surface area (Å²) >= 11 is 11.8. The van der Waals surface area contributed by atoms with E-state index in [1.807, 2.05) is 18.2 Å². The average molecular weight is 366 g/mol. The molecule has 24 heavy (non-hydrogen) atoms. The number of aromatic nitrogens is 1. The molecule has 0 fully saturated rings. The van der Waals surface area contributed by atoms with Crippen molar-refractivity contribution in [2.75, 3.05) is 13.2 Å². The summed E-state index contributed by atoms with van der Waals surface area (Å²) in [4.78, 5) is 11.9. The standard InChI is InChI=1S/C17H13Cl2NO4/c18-11-5-6-16(13(19)9-11)22-7-8-23-17(21)10-14-12-3-1-2-4-15(12)24-20-14/h1-6,9H,7-8,10H2. The van der Waals surface area contributed by atoms with E-state index in [1.54, 1.807) is 24.3 Å². The third-order valence-electron chi connectivity index (χ3n) is 3.26. The topological polar surface area (TPSA) is 61.6 Å². The molecule has 0 aliphatic rings. The number of fused-ring (bicyclic) bond motifs is 1. The quantitative estimate of drug-likeness (QED) is 0.481. The molecule has 1 heterocycles. The predicted octanol–water partition coefficient (Wildman–Crippen LogP) is 4.30. The number of ether oxygens (including phenoxy) is 2. The van der Waals surface area contributed by atoms with Crippen molar-refractivity contribution in [3.05, 3.63) is 58.2 Å². The van der Waals surface area contributed by atoms with Crippen molar-refractivity contribution in [1.82, 2.24) is 5.16 Å². The molecule has 0 amide bonds. The van der Waals surface area contributed by atoms with E-state index in [4.69, 9.17) is 37.2 Å². The Morgan fingerprint density at radius 3 is 2.79 bits per heavy atom. The molecule has 124 valence electrons. The number of hydrogen-bond donors (Lipinski definition) is 0. The van der Waals surface area contributed by atoms with E-state index in [9.17, 15) is 4.79 Å². The third-order valence-corrected chi connectivity index (χ3v) is 3.79. The van der Waals surface area contributed by atoms with Gasteiger partial charge in [0.2, 0.25) is 0 Å². The molecule has 0 unspecified atom stereocenters. The SMILES string of the molecule is O=C(Cc1noc2ccccc12)OCCOc1ccc(Cl)cc1Cl. The fourth-order valence-corrected chi connectivity index (χ4v) is 2.62. The number of nitrogens with zero attached hydrogens (tertiary/aromatic N) is 1. The van der Waals surface area contributed by atoms with Gasteiger partial charge in [0.25, 0.3) is 0 Å². The van der Waals surface area contributed by atoms with Gasteiger partial charge in [0, 0.05) is 10.4 Å². The van der Waals surface area contributed by atoms with Crippen molar-refractivity contribution in [3.8, 4) is 5.75 Å². The second kappa shape index (κ2) is 7.55. The fraction of sp³-hybridized carbons (Fsp3) is 0.176. The van der Waals surface area contributed by atoms with E-state index >= 15 is 0 Å². The molecule has 0 radical (unpaired) electrons. The summed E-state index contributed by atoms with van der Waals surface area (Å²) in [5.41, 5.74) is 1.19. The second-order valence-electron chi connectivity index (χ2n) is 4.95. The molecule has 0 spiro atoms. The van der Waals surface area contributed by atoms with Gasteiger partial charge in [0.15, 0.2) is 5.58 Å². The molecule has 5 nitrogen and oxygen atoms in total. The minimum atomic E-state index is -0.403. The molecule has 1 aromatic heterocycles. The Balaban J connectivity index is 1.47. The molecule has 2 aromatic carbocycles. The highest BCUT2D eigenvalue weighted by atomic mass is 35.5. The van der Waals surface area contributed by atoms with Gasteiger partial charge in [-0.25, -0.2) is 0 Å². The maximum absolute atomic E-state index is 11.9. The summed E-state index contributed by atoms with van der Waals surface area (Å²) < 4.78 is 15.7. The minimum Gasteiger partial charge on any atom is -0.488 e. The lowest BCUT2D eigenvalue weighted by molar-refractivity contribution is -0.143. The number of carbonyl (C=O) groups is 1. The summed E-state index contributed by atoms with van der Waals surface area (Å²) in [7, 11) is 0. The van der Waals surface area contributed by atoms with Gasteiger partial charge >= 0.3 is 5.97 Å². The number of esters is 1. The lowest BCUT2D eigenvalue weighted by atomic mass is 10.2. The molecule has 0 saturated heterocycles. The van der Waals surface area contributed by atoms with Crippen molar-refractivity contribution in [3.63, 3.8) is 0 Å². The summed E-state index contributed by atoms with van der Waals surface area (Å²) in [6.45, 7) is 0.292. The van der Waals surface area contributed by atoms with Crippen LogP contribution in [0.5, 0.6) is 5.75 Å². The maximum Gasteiger partial charge on any atom is 0.312 e. The smallest absolute Gasteiger partial charge is 0.312 e. The maximum atomic E-state index is 11.9. The monoisotopic (exact) mass is 365 g/mol. The zero-order chi connectivity index (χ0) is 16.9. The largest absolute Gasteiger partial charge is 0.488 e. The summed E-state index contributed by atoms with van der Waals surface area (Å²) in [5, 5.41) is 5.63. The van der Waals surface area contributed by atoms with Crippen LogP contribution in [0.4, 0.5) is 0 Å². The lowest BCUT2D eigenvalue weighted by Gasteiger charge is -2.08. The molecule has 3 aromatic rings. The van der Waals surface area contributed by atoms with Crippen LogP contribution in [0.25, 0.3) is 11.0 Å². The van der Waals surface area contributed by atoms with Gasteiger partial charge in [-0.05, 0) is 30.3 Å². The van der Waals surface area contributed by atoms with Gasteiger partial charge in [0.1, 0.15) is 24.7 Å². The Morgan fingerprint density at radius 1 is 1.12 bits per heavy atom. The molecule has 0 atom stereocenters. The van der Waals surface area contributed by atoms with Gasteiger partial charge in [-0.1, -0.05) is 40.5 Å². The first-order valence-electron chi connectivity index (χ1n) is 7.20. The highest BCUT2D eigenvalue weighted by Gasteiger charge is 2.13. The van der Waals surface area contributed by atoms with Crippen LogP contribution in [0, 0.1) is 0 Å². The summed E-state index contributed by atoms with van der Waals surface area (Å²) in [6.07, 6.45) is 0.0404. The van der Waals surface area contributed by atoms with Crippen molar-refractivity contribution in [1.29, 1.82) is 0 Å². The van der Waals surface area contributed by atoms with Crippen LogP contribution < -0.4 is 4.74 Å². The Hall–Kier alpha value is -2.24. The fourth-order valence-electron chi connectivity index (χ4n) is 2.15. The Labute approximate surface area is 148 Å². The molecule has 0 aliphatic carbocycles. The first-order valence-corrected chi connectivity index (χ1v) is 7.96. The average Bonchev–Trinajstić information content (AvgIpc) is 2.96. The first kappa shape index (κ1) is 16.6. The normalized spacial score (nSPS) is 10.8. The number of carbonyl (C=O) groups excluding carboxylic acids is 1. The zero-order valence-electron chi connectivity index (χ0n) is 12.5. The third kappa shape index (κ3) is 3.99. The molecule has 0 aliphatic heterocycles. The van der Waals surface area contributed by atoms with E-state index in [-0.39, 0.29) is 19.6 Å². The first-order chi connectivity index (χ1) is 11.6. The summed E-state index contributed by atoms with van der Waals surface area (Å²) in [6, 6.07) is 12.3. The van der Waals surface area contributed by atoms with Crippen molar-refractivity contribution in [2.24, 2.45) is 0 Å². The lowest BCUT2D eigenvalue weighted by Crippen LogP contribution is -2.14. The number of hydrogen-bond acceptors (Lipinski definition) is 5. The Bertz CT molecular complexity index is 863. The van der Waals surface area contributed by atoms with Crippen LogP contribution in [0.1, 0.15) is 5.69 Å². The van der Waals surface area contributed by atoms with Crippen LogP contribution in [0.2, 0.25) is 10.0 Å². The van der Waals surface area contributed by atoms with Crippen LogP contribution in [-0.2, 0) is 16.0 Å². The molecule has 0 bridgehead atoms. The van der Waals surface area contributed by atoms with Gasteiger partial charge in [-0.3, -0.25) is 4.79 Å². The van der Waals surface area contributed by atoms with E-state index in [0.717, 1.165) is 5.39 Å². The van der Waals surface area contributed by atoms with Crippen LogP contribution in [0.15, 0.2) is 47.0 Å². The van der Waals surface area contributed by atoms with E-state index in [0.29, 0.717) is 27.1 Å². The molecular weight excluding hydrogens is 353 g/mol. The summed E-state index contributed by atoms with van der Waals surface area (Å²) in [5.74, 6) is 0.0828. The van der Waals surface area contributed by atoms with Gasteiger partial charge in [-0.2, -0.15) is 0 Å². The van der Waals surface area contributed by atoms with Crippen molar-refractivity contribution >= 4 is 40.1 Å².